The number of nitrogens with zero attached hydrogens (tertiary/aromatic N) is 1. The number of anilines is 1. The van der Waals surface area contributed by atoms with E-state index in [1.54, 1.807) is 18.5 Å². The summed E-state index contributed by atoms with van der Waals surface area (Å²) in [5.41, 5.74) is 8.14. The summed E-state index contributed by atoms with van der Waals surface area (Å²) in [6.07, 6.45) is 3.51. The van der Waals surface area contributed by atoms with Crippen LogP contribution in [0.5, 0.6) is 0 Å². The minimum atomic E-state index is -0.287. The Morgan fingerprint density at radius 3 is 2.78 bits per heavy atom. The van der Waals surface area contributed by atoms with Gasteiger partial charge in [-0.2, -0.15) is 0 Å². The second-order valence-electron chi connectivity index (χ2n) is 4.13. The quantitative estimate of drug-likeness (QED) is 0.657. The van der Waals surface area contributed by atoms with E-state index in [0.717, 1.165) is 16.3 Å². The van der Waals surface area contributed by atoms with E-state index in [2.05, 4.69) is 4.98 Å². The van der Waals surface area contributed by atoms with Crippen molar-refractivity contribution in [3.05, 3.63) is 60.7 Å². The highest BCUT2D eigenvalue weighted by molar-refractivity contribution is 5.98. The van der Waals surface area contributed by atoms with Gasteiger partial charge in [-0.25, -0.2) is 4.39 Å². The fourth-order valence-electron chi connectivity index (χ4n) is 2.12. The van der Waals surface area contributed by atoms with Crippen molar-refractivity contribution in [3.63, 3.8) is 0 Å². The average molecular weight is 238 g/mol. The number of rotatable bonds is 1. The summed E-state index contributed by atoms with van der Waals surface area (Å²) in [5.74, 6) is -0.287. The Hall–Kier alpha value is -2.42. The van der Waals surface area contributed by atoms with Gasteiger partial charge >= 0.3 is 0 Å². The van der Waals surface area contributed by atoms with Crippen molar-refractivity contribution in [2.75, 3.05) is 5.73 Å². The molecule has 18 heavy (non-hydrogen) atoms. The number of aromatic nitrogens is 1. The Kier molecular flexibility index (Phi) is 2.45. The molecule has 3 aromatic rings. The van der Waals surface area contributed by atoms with Gasteiger partial charge in [0.15, 0.2) is 0 Å². The molecule has 0 aliphatic rings. The molecule has 3 rings (SSSR count). The molecule has 2 nitrogen and oxygen atoms in total. The van der Waals surface area contributed by atoms with Gasteiger partial charge in [0.1, 0.15) is 5.82 Å². The third-order valence-corrected chi connectivity index (χ3v) is 2.99. The largest absolute Gasteiger partial charge is 0.398 e. The van der Waals surface area contributed by atoms with Gasteiger partial charge in [-0.3, -0.25) is 4.98 Å². The molecule has 1 aromatic heterocycles. The SMILES string of the molecule is Nc1ccc(F)cc1-c1cccc2cnccc12. The van der Waals surface area contributed by atoms with Crippen molar-refractivity contribution in [1.82, 2.24) is 4.98 Å². The van der Waals surface area contributed by atoms with E-state index in [1.165, 1.54) is 12.1 Å². The van der Waals surface area contributed by atoms with Crippen LogP contribution in [0, 0.1) is 5.82 Å². The average Bonchev–Trinajstić information content (AvgIpc) is 2.41. The van der Waals surface area contributed by atoms with E-state index >= 15 is 0 Å². The van der Waals surface area contributed by atoms with Gasteiger partial charge in [0.05, 0.1) is 0 Å². The molecule has 0 aliphatic heterocycles. The minimum Gasteiger partial charge on any atom is -0.398 e. The van der Waals surface area contributed by atoms with Gasteiger partial charge in [0, 0.05) is 29.0 Å². The van der Waals surface area contributed by atoms with Crippen LogP contribution in [0.1, 0.15) is 0 Å². The van der Waals surface area contributed by atoms with Crippen molar-refractivity contribution in [1.29, 1.82) is 0 Å². The molecule has 2 aromatic carbocycles. The number of hydrogen-bond donors (Lipinski definition) is 1. The van der Waals surface area contributed by atoms with E-state index in [-0.39, 0.29) is 5.82 Å². The maximum Gasteiger partial charge on any atom is 0.123 e. The summed E-state index contributed by atoms with van der Waals surface area (Å²) in [4.78, 5) is 4.08. The zero-order chi connectivity index (χ0) is 12.5. The van der Waals surface area contributed by atoms with E-state index in [0.29, 0.717) is 11.3 Å². The van der Waals surface area contributed by atoms with Gasteiger partial charge in [0.2, 0.25) is 0 Å². The molecule has 0 saturated heterocycles. The standard InChI is InChI=1S/C15H11FN2/c16-11-4-5-15(17)14(8-11)13-3-1-2-10-9-18-7-6-12(10)13/h1-9H,17H2. The molecular weight excluding hydrogens is 227 g/mol. The first kappa shape index (κ1) is 10.7. The molecule has 0 fully saturated rings. The van der Waals surface area contributed by atoms with Crippen LogP contribution in [0.25, 0.3) is 21.9 Å². The van der Waals surface area contributed by atoms with Crippen LogP contribution in [0.2, 0.25) is 0 Å². The molecule has 0 atom stereocenters. The molecule has 0 aliphatic carbocycles. The first-order chi connectivity index (χ1) is 8.75. The highest BCUT2D eigenvalue weighted by Crippen LogP contribution is 2.32. The highest BCUT2D eigenvalue weighted by atomic mass is 19.1. The lowest BCUT2D eigenvalue weighted by Crippen LogP contribution is -1.92. The maximum absolute atomic E-state index is 13.4. The fraction of sp³-hybridized carbons (Fsp3) is 0. The lowest BCUT2D eigenvalue weighted by molar-refractivity contribution is 0.628. The Balaban J connectivity index is 2.35. The number of nitrogens with two attached hydrogens (primary N) is 1. The molecule has 0 unspecified atom stereocenters. The summed E-state index contributed by atoms with van der Waals surface area (Å²) >= 11 is 0. The molecule has 0 spiro atoms. The second kappa shape index (κ2) is 4.11. The zero-order valence-electron chi connectivity index (χ0n) is 9.60. The molecule has 88 valence electrons. The number of pyridine rings is 1. The summed E-state index contributed by atoms with van der Waals surface area (Å²) in [7, 11) is 0. The lowest BCUT2D eigenvalue weighted by atomic mass is 9.98. The van der Waals surface area contributed by atoms with Crippen LogP contribution >= 0.6 is 0 Å². The number of halogens is 1. The van der Waals surface area contributed by atoms with Crippen molar-refractivity contribution < 1.29 is 4.39 Å². The molecule has 0 radical (unpaired) electrons. The summed E-state index contributed by atoms with van der Waals surface area (Å²) in [5, 5.41) is 2.03. The van der Waals surface area contributed by atoms with Crippen LogP contribution in [0.3, 0.4) is 0 Å². The predicted octanol–water partition coefficient (Wildman–Crippen LogP) is 3.62. The van der Waals surface area contributed by atoms with Gasteiger partial charge in [0.25, 0.3) is 0 Å². The number of fused-ring (bicyclic) bond motifs is 1. The van der Waals surface area contributed by atoms with E-state index in [1.807, 2.05) is 24.3 Å². The number of nitrogen functional groups attached to an aromatic ring is 1. The van der Waals surface area contributed by atoms with E-state index < -0.39 is 0 Å². The van der Waals surface area contributed by atoms with Crippen LogP contribution in [0.15, 0.2) is 54.9 Å². The fourth-order valence-corrected chi connectivity index (χ4v) is 2.12. The smallest absolute Gasteiger partial charge is 0.123 e. The van der Waals surface area contributed by atoms with Gasteiger partial charge in [-0.1, -0.05) is 18.2 Å². The van der Waals surface area contributed by atoms with Gasteiger partial charge in [-0.15, -0.1) is 0 Å². The highest BCUT2D eigenvalue weighted by Gasteiger charge is 2.07. The first-order valence-corrected chi connectivity index (χ1v) is 5.64. The van der Waals surface area contributed by atoms with Gasteiger partial charge in [-0.05, 0) is 35.2 Å². The number of hydrogen-bond acceptors (Lipinski definition) is 2. The molecule has 2 N–H and O–H groups in total. The molecule has 1 heterocycles. The summed E-state index contributed by atoms with van der Waals surface area (Å²) in [6.45, 7) is 0. The van der Waals surface area contributed by atoms with Crippen molar-refractivity contribution in [3.8, 4) is 11.1 Å². The van der Waals surface area contributed by atoms with E-state index in [9.17, 15) is 4.39 Å². The second-order valence-corrected chi connectivity index (χ2v) is 4.13. The molecule has 0 saturated carbocycles. The number of benzene rings is 2. The Labute approximate surface area is 104 Å². The monoisotopic (exact) mass is 238 g/mol. The third-order valence-electron chi connectivity index (χ3n) is 2.99. The zero-order valence-corrected chi connectivity index (χ0v) is 9.60. The molecule has 0 bridgehead atoms. The first-order valence-electron chi connectivity index (χ1n) is 5.64. The van der Waals surface area contributed by atoms with E-state index in [4.69, 9.17) is 5.73 Å². The maximum atomic E-state index is 13.4. The predicted molar refractivity (Wildman–Crippen MR) is 71.5 cm³/mol. The molecule has 3 heteroatoms. The topological polar surface area (TPSA) is 38.9 Å². The van der Waals surface area contributed by atoms with Crippen molar-refractivity contribution in [2.45, 2.75) is 0 Å². The Morgan fingerprint density at radius 2 is 1.89 bits per heavy atom. The molecular formula is C15H11FN2. The third kappa shape index (κ3) is 1.70. The normalized spacial score (nSPS) is 10.7. The Bertz CT molecular complexity index is 717. The van der Waals surface area contributed by atoms with Crippen LogP contribution in [-0.2, 0) is 0 Å². The summed E-state index contributed by atoms with van der Waals surface area (Å²) in [6, 6.07) is 12.2. The van der Waals surface area contributed by atoms with Crippen molar-refractivity contribution >= 4 is 16.5 Å². The minimum absolute atomic E-state index is 0.287. The van der Waals surface area contributed by atoms with Gasteiger partial charge < -0.3 is 5.73 Å². The summed E-state index contributed by atoms with van der Waals surface area (Å²) < 4.78 is 13.4. The van der Waals surface area contributed by atoms with Crippen LogP contribution in [-0.4, -0.2) is 4.98 Å². The lowest BCUT2D eigenvalue weighted by Gasteiger charge is -2.09. The van der Waals surface area contributed by atoms with Crippen molar-refractivity contribution in [2.24, 2.45) is 0 Å². The molecule has 0 amide bonds. The van der Waals surface area contributed by atoms with Crippen LogP contribution in [0.4, 0.5) is 10.1 Å². The van der Waals surface area contributed by atoms with Crippen LogP contribution < -0.4 is 5.73 Å². The Morgan fingerprint density at radius 1 is 1.00 bits per heavy atom.